The van der Waals surface area contributed by atoms with Crippen molar-refractivity contribution >= 4 is 23.6 Å². The van der Waals surface area contributed by atoms with E-state index in [-0.39, 0.29) is 11.9 Å². The topological polar surface area (TPSA) is 57.2 Å². The third-order valence-corrected chi connectivity index (χ3v) is 5.49. The van der Waals surface area contributed by atoms with Crippen molar-refractivity contribution in [2.45, 2.75) is 18.9 Å². The first-order valence-corrected chi connectivity index (χ1v) is 10.0. The van der Waals surface area contributed by atoms with Crippen LogP contribution in [0.15, 0.2) is 36.4 Å². The highest BCUT2D eigenvalue weighted by atomic mass is 35.5. The summed E-state index contributed by atoms with van der Waals surface area (Å²) < 4.78 is 21.4. The zero-order valence-corrected chi connectivity index (χ0v) is 18.4. The van der Waals surface area contributed by atoms with Crippen LogP contribution in [0, 0.1) is 0 Å². The fraction of sp³-hybridized carbons (Fsp3) is 0.348. The van der Waals surface area contributed by atoms with Crippen LogP contribution in [0.1, 0.15) is 30.0 Å². The Morgan fingerprint density at radius 1 is 1.03 bits per heavy atom. The minimum absolute atomic E-state index is 0.0444. The second-order valence-electron chi connectivity index (χ2n) is 6.87. The van der Waals surface area contributed by atoms with E-state index in [1.165, 1.54) is 7.11 Å². The molecular formula is C23H26ClNO5. The van der Waals surface area contributed by atoms with Crippen molar-refractivity contribution in [1.29, 1.82) is 0 Å². The third kappa shape index (κ3) is 4.49. The normalized spacial score (nSPS) is 16.0. The lowest BCUT2D eigenvalue weighted by atomic mass is 10.0. The number of likely N-dealkylation sites (tertiary alicyclic amines) is 1. The van der Waals surface area contributed by atoms with Gasteiger partial charge in [-0.25, -0.2) is 0 Å². The highest BCUT2D eigenvalue weighted by molar-refractivity contribution is 6.32. The monoisotopic (exact) mass is 431 g/mol. The van der Waals surface area contributed by atoms with Gasteiger partial charge in [-0.3, -0.25) is 4.79 Å². The number of rotatable bonds is 7. The summed E-state index contributed by atoms with van der Waals surface area (Å²) in [5.41, 5.74) is 1.73. The van der Waals surface area contributed by atoms with Gasteiger partial charge in [-0.15, -0.1) is 0 Å². The lowest BCUT2D eigenvalue weighted by molar-refractivity contribution is -0.126. The molecule has 2 aromatic carbocycles. The molecule has 0 aliphatic carbocycles. The molecule has 0 saturated carbocycles. The van der Waals surface area contributed by atoms with E-state index in [0.29, 0.717) is 23.1 Å². The van der Waals surface area contributed by atoms with Gasteiger partial charge in [-0.1, -0.05) is 11.6 Å². The Bertz CT molecular complexity index is 943. The molecule has 0 radical (unpaired) electrons. The van der Waals surface area contributed by atoms with Crippen molar-refractivity contribution in [3.8, 4) is 23.0 Å². The van der Waals surface area contributed by atoms with Crippen LogP contribution in [0.25, 0.3) is 6.08 Å². The Kier molecular flexibility index (Phi) is 7.11. The molecule has 3 rings (SSSR count). The first-order chi connectivity index (χ1) is 14.5. The molecule has 0 aromatic heterocycles. The van der Waals surface area contributed by atoms with Crippen LogP contribution in [0.5, 0.6) is 23.0 Å². The minimum atomic E-state index is -0.0683. The van der Waals surface area contributed by atoms with Crippen molar-refractivity contribution in [2.75, 3.05) is 35.0 Å². The predicted molar refractivity (Wildman–Crippen MR) is 117 cm³/mol. The molecular weight excluding hydrogens is 406 g/mol. The van der Waals surface area contributed by atoms with Crippen LogP contribution in [0.3, 0.4) is 0 Å². The van der Waals surface area contributed by atoms with Gasteiger partial charge in [0.25, 0.3) is 0 Å². The molecule has 0 bridgehead atoms. The van der Waals surface area contributed by atoms with E-state index in [0.717, 1.165) is 35.5 Å². The van der Waals surface area contributed by atoms with E-state index in [4.69, 9.17) is 30.5 Å². The standard InChI is InChI=1S/C23H26ClNO5/c1-27-16-8-9-17(20(14-16)28-2)19-6-5-11-25(19)22(26)10-7-15-12-18(24)23(30-4)21(13-15)29-3/h7-10,12-14,19H,5-6,11H2,1-4H3. The lowest BCUT2D eigenvalue weighted by Gasteiger charge is -2.25. The summed E-state index contributed by atoms with van der Waals surface area (Å²) >= 11 is 6.26. The van der Waals surface area contributed by atoms with Gasteiger partial charge in [0.15, 0.2) is 11.5 Å². The van der Waals surface area contributed by atoms with Gasteiger partial charge in [0, 0.05) is 24.3 Å². The molecule has 1 heterocycles. The Balaban J connectivity index is 1.82. The minimum Gasteiger partial charge on any atom is -0.497 e. The molecule has 1 fully saturated rings. The van der Waals surface area contributed by atoms with Crippen LogP contribution in [0.2, 0.25) is 5.02 Å². The molecule has 1 amide bonds. The second kappa shape index (κ2) is 9.76. The molecule has 160 valence electrons. The number of methoxy groups -OCH3 is 4. The highest BCUT2D eigenvalue weighted by Crippen LogP contribution is 2.39. The largest absolute Gasteiger partial charge is 0.497 e. The Morgan fingerprint density at radius 3 is 2.47 bits per heavy atom. The van der Waals surface area contributed by atoms with Gasteiger partial charge >= 0.3 is 0 Å². The molecule has 0 N–H and O–H groups in total. The molecule has 1 atom stereocenters. The van der Waals surface area contributed by atoms with E-state index in [9.17, 15) is 4.79 Å². The fourth-order valence-electron chi connectivity index (χ4n) is 3.74. The van der Waals surface area contributed by atoms with E-state index < -0.39 is 0 Å². The average Bonchev–Trinajstić information content (AvgIpc) is 3.26. The average molecular weight is 432 g/mol. The van der Waals surface area contributed by atoms with Crippen LogP contribution in [-0.2, 0) is 4.79 Å². The zero-order chi connectivity index (χ0) is 21.7. The summed E-state index contributed by atoms with van der Waals surface area (Å²) in [6.07, 6.45) is 5.11. The number of hydrogen-bond donors (Lipinski definition) is 0. The summed E-state index contributed by atoms with van der Waals surface area (Å²) in [4.78, 5) is 14.8. The van der Waals surface area contributed by atoms with Crippen molar-refractivity contribution in [1.82, 2.24) is 4.90 Å². The molecule has 1 saturated heterocycles. The highest BCUT2D eigenvalue weighted by Gasteiger charge is 2.31. The molecule has 0 spiro atoms. The summed E-state index contributed by atoms with van der Waals surface area (Å²) in [6.45, 7) is 0.690. The molecule has 30 heavy (non-hydrogen) atoms. The molecule has 6 nitrogen and oxygen atoms in total. The number of ether oxygens (including phenoxy) is 4. The fourth-order valence-corrected chi connectivity index (χ4v) is 4.04. The van der Waals surface area contributed by atoms with Gasteiger partial charge in [-0.2, -0.15) is 0 Å². The number of nitrogens with zero attached hydrogens (tertiary/aromatic N) is 1. The van der Waals surface area contributed by atoms with Gasteiger partial charge in [-0.05, 0) is 48.7 Å². The SMILES string of the molecule is COc1ccc(C2CCCN2C(=O)C=Cc2cc(Cl)c(OC)c(OC)c2)c(OC)c1. The zero-order valence-electron chi connectivity index (χ0n) is 17.6. The van der Waals surface area contributed by atoms with Gasteiger partial charge in [0.05, 0.1) is 39.5 Å². The Hall–Kier alpha value is -2.86. The summed E-state index contributed by atoms with van der Waals surface area (Å²) in [7, 11) is 6.32. The van der Waals surface area contributed by atoms with Crippen molar-refractivity contribution < 1.29 is 23.7 Å². The molecule has 1 unspecified atom stereocenters. The number of carbonyl (C=O) groups is 1. The first-order valence-electron chi connectivity index (χ1n) is 9.64. The Labute approximate surface area is 181 Å². The summed E-state index contributed by atoms with van der Waals surface area (Å²) in [6, 6.07) is 9.17. The summed E-state index contributed by atoms with van der Waals surface area (Å²) in [5.74, 6) is 2.35. The second-order valence-corrected chi connectivity index (χ2v) is 7.28. The van der Waals surface area contributed by atoms with E-state index in [2.05, 4.69) is 0 Å². The van der Waals surface area contributed by atoms with Crippen LogP contribution in [0.4, 0.5) is 0 Å². The maximum Gasteiger partial charge on any atom is 0.247 e. The van der Waals surface area contributed by atoms with Gasteiger partial charge < -0.3 is 23.8 Å². The first kappa shape index (κ1) is 21.8. The van der Waals surface area contributed by atoms with E-state index >= 15 is 0 Å². The van der Waals surface area contributed by atoms with E-state index in [1.54, 1.807) is 45.6 Å². The maximum absolute atomic E-state index is 13.0. The molecule has 1 aliphatic heterocycles. The quantitative estimate of drug-likeness (QED) is 0.592. The molecule has 1 aliphatic rings. The van der Waals surface area contributed by atoms with Gasteiger partial charge in [0.1, 0.15) is 11.5 Å². The summed E-state index contributed by atoms with van der Waals surface area (Å²) in [5, 5.41) is 0.422. The van der Waals surface area contributed by atoms with Crippen LogP contribution in [-0.4, -0.2) is 45.8 Å². The Morgan fingerprint density at radius 2 is 1.80 bits per heavy atom. The number of carbonyl (C=O) groups excluding carboxylic acids is 1. The molecule has 7 heteroatoms. The van der Waals surface area contributed by atoms with Crippen LogP contribution >= 0.6 is 11.6 Å². The van der Waals surface area contributed by atoms with Gasteiger partial charge in [0.2, 0.25) is 5.91 Å². The number of benzene rings is 2. The number of halogens is 1. The molecule has 2 aromatic rings. The number of amides is 1. The lowest BCUT2D eigenvalue weighted by Crippen LogP contribution is -2.29. The van der Waals surface area contributed by atoms with Crippen LogP contribution < -0.4 is 18.9 Å². The third-order valence-electron chi connectivity index (χ3n) is 5.21. The predicted octanol–water partition coefficient (Wildman–Crippen LogP) is 4.75. The van der Waals surface area contributed by atoms with E-state index in [1.807, 2.05) is 23.1 Å². The number of hydrogen-bond acceptors (Lipinski definition) is 5. The smallest absolute Gasteiger partial charge is 0.247 e. The maximum atomic E-state index is 13.0. The van der Waals surface area contributed by atoms with Crippen molar-refractivity contribution in [2.24, 2.45) is 0 Å². The van der Waals surface area contributed by atoms with Crippen molar-refractivity contribution in [3.05, 3.63) is 52.6 Å². The van der Waals surface area contributed by atoms with Crippen molar-refractivity contribution in [3.63, 3.8) is 0 Å².